The Hall–Kier alpha value is -0.540. The third kappa shape index (κ3) is 2.50. The molecule has 0 atom stereocenters. The Morgan fingerprint density at radius 3 is 2.67 bits per heavy atom. The molecule has 66 valence electrons. The van der Waals surface area contributed by atoms with Gasteiger partial charge in [-0.15, -0.1) is 11.3 Å². The van der Waals surface area contributed by atoms with E-state index in [9.17, 15) is 4.79 Å². The first-order valence-corrected chi connectivity index (χ1v) is 4.75. The van der Waals surface area contributed by atoms with Crippen molar-refractivity contribution in [1.29, 1.82) is 0 Å². The summed E-state index contributed by atoms with van der Waals surface area (Å²) in [6.45, 7) is 3.63. The van der Waals surface area contributed by atoms with Gasteiger partial charge in [0.1, 0.15) is 4.88 Å². The molecule has 0 radical (unpaired) electrons. The number of hydrogen-bond donors (Lipinski definition) is 0. The topological polar surface area (TPSA) is 26.3 Å². The minimum atomic E-state index is -0.304. The molecule has 0 aromatic carbocycles. The number of carbonyl (C=O) groups is 1. The highest BCUT2D eigenvalue weighted by atomic mass is 35.5. The Morgan fingerprint density at radius 1 is 1.58 bits per heavy atom. The Labute approximate surface area is 80.1 Å². The van der Waals surface area contributed by atoms with Crippen molar-refractivity contribution >= 4 is 28.9 Å². The van der Waals surface area contributed by atoms with Crippen LogP contribution < -0.4 is 0 Å². The fraction of sp³-hybridized carbons (Fsp3) is 0.375. The summed E-state index contributed by atoms with van der Waals surface area (Å²) in [5, 5.41) is 0. The predicted octanol–water partition coefficient (Wildman–Crippen LogP) is 2.97. The smallest absolute Gasteiger partial charge is 0.348 e. The molecule has 1 aromatic rings. The van der Waals surface area contributed by atoms with Crippen LogP contribution in [-0.4, -0.2) is 12.1 Å². The van der Waals surface area contributed by atoms with Crippen LogP contribution in [0.4, 0.5) is 0 Å². The zero-order valence-electron chi connectivity index (χ0n) is 6.83. The van der Waals surface area contributed by atoms with Crippen molar-refractivity contribution < 1.29 is 9.53 Å². The van der Waals surface area contributed by atoms with E-state index in [4.69, 9.17) is 16.3 Å². The van der Waals surface area contributed by atoms with Gasteiger partial charge >= 0.3 is 5.97 Å². The second-order valence-electron chi connectivity index (χ2n) is 2.56. The van der Waals surface area contributed by atoms with Gasteiger partial charge in [-0.2, -0.15) is 0 Å². The monoisotopic (exact) mass is 204 g/mol. The van der Waals surface area contributed by atoms with Gasteiger partial charge < -0.3 is 4.74 Å². The van der Waals surface area contributed by atoms with Crippen molar-refractivity contribution in [2.24, 2.45) is 0 Å². The fourth-order valence-electron chi connectivity index (χ4n) is 0.696. The van der Waals surface area contributed by atoms with E-state index in [2.05, 4.69) is 0 Å². The standard InChI is InChI=1S/C8H9ClO2S/c1-5(2)11-8(10)6-3-4-7(9)12-6/h3-5H,1-2H3. The third-order valence-electron chi connectivity index (χ3n) is 1.12. The van der Waals surface area contributed by atoms with Gasteiger partial charge in [0.05, 0.1) is 10.4 Å². The number of thiophene rings is 1. The lowest BCUT2D eigenvalue weighted by molar-refractivity contribution is 0.0384. The van der Waals surface area contributed by atoms with Gasteiger partial charge in [0.2, 0.25) is 0 Å². The number of ether oxygens (including phenoxy) is 1. The first kappa shape index (κ1) is 9.55. The van der Waals surface area contributed by atoms with Gasteiger partial charge in [-0.25, -0.2) is 4.79 Å². The van der Waals surface area contributed by atoms with Gasteiger partial charge in [-0.3, -0.25) is 0 Å². The summed E-state index contributed by atoms with van der Waals surface area (Å²) in [6.07, 6.45) is -0.0848. The van der Waals surface area contributed by atoms with Crippen LogP contribution in [-0.2, 0) is 4.74 Å². The van der Waals surface area contributed by atoms with Gasteiger partial charge in [0.25, 0.3) is 0 Å². The summed E-state index contributed by atoms with van der Waals surface area (Å²) in [7, 11) is 0. The van der Waals surface area contributed by atoms with Gasteiger partial charge in [0, 0.05) is 0 Å². The number of hydrogen-bond acceptors (Lipinski definition) is 3. The molecule has 1 rings (SSSR count). The Balaban J connectivity index is 2.65. The molecule has 0 aliphatic heterocycles. The first-order valence-electron chi connectivity index (χ1n) is 3.56. The average molecular weight is 205 g/mol. The molecule has 0 unspecified atom stereocenters. The number of esters is 1. The summed E-state index contributed by atoms with van der Waals surface area (Å²) in [5.74, 6) is -0.304. The molecule has 0 saturated carbocycles. The van der Waals surface area contributed by atoms with Crippen LogP contribution in [0.1, 0.15) is 23.5 Å². The highest BCUT2D eigenvalue weighted by molar-refractivity contribution is 7.17. The average Bonchev–Trinajstić information content (AvgIpc) is 2.34. The molecule has 4 heteroatoms. The summed E-state index contributed by atoms with van der Waals surface area (Å²) in [4.78, 5) is 11.7. The molecular weight excluding hydrogens is 196 g/mol. The highest BCUT2D eigenvalue weighted by Crippen LogP contribution is 2.22. The minimum absolute atomic E-state index is 0.0848. The molecule has 0 fully saturated rings. The van der Waals surface area contributed by atoms with E-state index in [0.717, 1.165) is 0 Å². The zero-order chi connectivity index (χ0) is 9.14. The van der Waals surface area contributed by atoms with Crippen molar-refractivity contribution in [3.63, 3.8) is 0 Å². The molecule has 1 heterocycles. The van der Waals surface area contributed by atoms with E-state index in [1.165, 1.54) is 11.3 Å². The fourth-order valence-corrected chi connectivity index (χ4v) is 1.62. The molecule has 0 amide bonds. The number of halogens is 1. The number of carbonyl (C=O) groups excluding carboxylic acids is 1. The van der Waals surface area contributed by atoms with Crippen LogP contribution in [0.5, 0.6) is 0 Å². The van der Waals surface area contributed by atoms with Crippen molar-refractivity contribution in [2.75, 3.05) is 0 Å². The Kier molecular flexibility index (Phi) is 3.12. The van der Waals surface area contributed by atoms with E-state index in [-0.39, 0.29) is 12.1 Å². The normalized spacial score (nSPS) is 10.3. The van der Waals surface area contributed by atoms with Gasteiger partial charge in [0.15, 0.2) is 0 Å². The minimum Gasteiger partial charge on any atom is -0.459 e. The predicted molar refractivity (Wildman–Crippen MR) is 49.9 cm³/mol. The quantitative estimate of drug-likeness (QED) is 0.693. The van der Waals surface area contributed by atoms with E-state index < -0.39 is 0 Å². The first-order chi connectivity index (χ1) is 5.59. The van der Waals surface area contributed by atoms with Crippen LogP contribution in [0, 0.1) is 0 Å². The summed E-state index contributed by atoms with van der Waals surface area (Å²) < 4.78 is 5.56. The molecule has 12 heavy (non-hydrogen) atoms. The van der Waals surface area contributed by atoms with Crippen molar-refractivity contribution in [3.8, 4) is 0 Å². The lowest BCUT2D eigenvalue weighted by Crippen LogP contribution is -2.09. The largest absolute Gasteiger partial charge is 0.459 e. The zero-order valence-corrected chi connectivity index (χ0v) is 8.41. The van der Waals surface area contributed by atoms with E-state index in [0.29, 0.717) is 9.21 Å². The summed E-state index contributed by atoms with van der Waals surface area (Å²) >= 11 is 6.88. The van der Waals surface area contributed by atoms with Crippen LogP contribution in [0.2, 0.25) is 4.34 Å². The van der Waals surface area contributed by atoms with E-state index in [1.807, 2.05) is 13.8 Å². The maximum absolute atomic E-state index is 11.2. The summed E-state index contributed by atoms with van der Waals surface area (Å²) in [5.41, 5.74) is 0. The van der Waals surface area contributed by atoms with Crippen LogP contribution in [0.15, 0.2) is 12.1 Å². The molecule has 0 spiro atoms. The van der Waals surface area contributed by atoms with E-state index in [1.54, 1.807) is 12.1 Å². The van der Waals surface area contributed by atoms with Gasteiger partial charge in [-0.05, 0) is 26.0 Å². The van der Waals surface area contributed by atoms with Crippen molar-refractivity contribution in [3.05, 3.63) is 21.3 Å². The maximum Gasteiger partial charge on any atom is 0.348 e. The van der Waals surface area contributed by atoms with E-state index >= 15 is 0 Å². The molecule has 0 saturated heterocycles. The van der Waals surface area contributed by atoms with Crippen molar-refractivity contribution in [1.82, 2.24) is 0 Å². The second-order valence-corrected chi connectivity index (χ2v) is 4.27. The SMILES string of the molecule is CC(C)OC(=O)c1ccc(Cl)s1. The molecule has 0 aliphatic rings. The maximum atomic E-state index is 11.2. The molecule has 2 nitrogen and oxygen atoms in total. The van der Waals surface area contributed by atoms with Gasteiger partial charge in [-0.1, -0.05) is 11.6 Å². The molecule has 0 aliphatic carbocycles. The number of rotatable bonds is 2. The Morgan fingerprint density at radius 2 is 2.25 bits per heavy atom. The lowest BCUT2D eigenvalue weighted by Gasteiger charge is -2.04. The molecule has 0 bridgehead atoms. The summed E-state index contributed by atoms with van der Waals surface area (Å²) in [6, 6.07) is 3.35. The third-order valence-corrected chi connectivity index (χ3v) is 2.33. The van der Waals surface area contributed by atoms with Crippen LogP contribution >= 0.6 is 22.9 Å². The molecule has 1 aromatic heterocycles. The Bertz CT molecular complexity index is 280. The lowest BCUT2D eigenvalue weighted by atomic mass is 10.4. The molecular formula is C8H9ClO2S. The second kappa shape index (κ2) is 3.92. The van der Waals surface area contributed by atoms with Crippen LogP contribution in [0.25, 0.3) is 0 Å². The highest BCUT2D eigenvalue weighted by Gasteiger charge is 2.10. The molecule has 0 N–H and O–H groups in total. The van der Waals surface area contributed by atoms with Crippen molar-refractivity contribution in [2.45, 2.75) is 20.0 Å². The van der Waals surface area contributed by atoms with Crippen LogP contribution in [0.3, 0.4) is 0 Å².